The highest BCUT2D eigenvalue weighted by atomic mass is 32.1. The highest BCUT2D eigenvalue weighted by molar-refractivity contribution is 7.09. The molecule has 1 atom stereocenters. The molecule has 0 N–H and O–H groups in total. The SMILES string of the molecule is CC(=O)N(CC1CCCN1Cc1nsc(N(C)C)n1)C1CC1. The summed E-state index contributed by atoms with van der Waals surface area (Å²) in [4.78, 5) is 22.9. The molecule has 2 heterocycles. The van der Waals surface area contributed by atoms with Crippen molar-refractivity contribution in [2.75, 3.05) is 32.1 Å². The average Bonchev–Trinajstić information content (AvgIpc) is 3.02. The van der Waals surface area contributed by atoms with E-state index in [1.165, 1.54) is 37.2 Å². The standard InChI is InChI=1S/C15H25N5OS/c1-11(21)20(12-6-7-12)9-13-5-4-8-19(13)10-14-16-15(18(2)3)22-17-14/h12-13H,4-10H2,1-3H3. The lowest BCUT2D eigenvalue weighted by Crippen LogP contribution is -2.43. The summed E-state index contributed by atoms with van der Waals surface area (Å²) in [5, 5.41) is 0.953. The maximum atomic E-state index is 11.8. The van der Waals surface area contributed by atoms with Crippen LogP contribution in [-0.4, -0.2) is 64.3 Å². The predicted molar refractivity (Wildman–Crippen MR) is 88.1 cm³/mol. The Morgan fingerprint density at radius 1 is 1.36 bits per heavy atom. The van der Waals surface area contributed by atoms with Gasteiger partial charge in [-0.2, -0.15) is 4.37 Å². The molecule has 2 aliphatic rings. The van der Waals surface area contributed by atoms with E-state index in [0.717, 1.165) is 30.6 Å². The second kappa shape index (κ2) is 6.50. The highest BCUT2D eigenvalue weighted by Crippen LogP contribution is 2.29. The van der Waals surface area contributed by atoms with Crippen LogP contribution in [0.2, 0.25) is 0 Å². The van der Waals surface area contributed by atoms with Gasteiger partial charge in [0.2, 0.25) is 11.0 Å². The Hall–Kier alpha value is -1.21. The van der Waals surface area contributed by atoms with Crippen LogP contribution >= 0.6 is 11.5 Å². The summed E-state index contributed by atoms with van der Waals surface area (Å²) in [6.45, 7) is 4.44. The fraction of sp³-hybridized carbons (Fsp3) is 0.800. The molecule has 122 valence electrons. The topological polar surface area (TPSA) is 52.6 Å². The Labute approximate surface area is 136 Å². The van der Waals surface area contributed by atoms with E-state index in [-0.39, 0.29) is 5.91 Å². The van der Waals surface area contributed by atoms with E-state index in [2.05, 4.69) is 19.2 Å². The van der Waals surface area contributed by atoms with Gasteiger partial charge in [0.05, 0.1) is 6.54 Å². The third-order valence-electron chi connectivity index (χ3n) is 4.48. The molecule has 1 aromatic heterocycles. The predicted octanol–water partition coefficient (Wildman–Crippen LogP) is 1.58. The summed E-state index contributed by atoms with van der Waals surface area (Å²) < 4.78 is 4.46. The molecule has 1 aliphatic carbocycles. The summed E-state index contributed by atoms with van der Waals surface area (Å²) >= 11 is 1.45. The molecular formula is C15H25N5OS. The quantitative estimate of drug-likeness (QED) is 0.795. The number of nitrogens with zero attached hydrogens (tertiary/aromatic N) is 5. The molecule has 3 rings (SSSR count). The number of hydrogen-bond acceptors (Lipinski definition) is 6. The zero-order chi connectivity index (χ0) is 15.7. The van der Waals surface area contributed by atoms with Crippen molar-refractivity contribution in [1.29, 1.82) is 0 Å². The summed E-state index contributed by atoms with van der Waals surface area (Å²) in [6.07, 6.45) is 4.71. The van der Waals surface area contributed by atoms with Crippen molar-refractivity contribution in [2.24, 2.45) is 0 Å². The van der Waals surface area contributed by atoms with Crippen LogP contribution in [0.3, 0.4) is 0 Å². The van der Waals surface area contributed by atoms with Crippen LogP contribution in [0.15, 0.2) is 0 Å². The van der Waals surface area contributed by atoms with Crippen molar-refractivity contribution in [1.82, 2.24) is 19.2 Å². The first-order chi connectivity index (χ1) is 10.5. The van der Waals surface area contributed by atoms with Gasteiger partial charge in [-0.3, -0.25) is 9.69 Å². The summed E-state index contributed by atoms with van der Waals surface area (Å²) in [6, 6.07) is 0.952. The van der Waals surface area contributed by atoms with Crippen LogP contribution < -0.4 is 4.90 Å². The maximum absolute atomic E-state index is 11.8. The van der Waals surface area contributed by atoms with E-state index < -0.39 is 0 Å². The largest absolute Gasteiger partial charge is 0.353 e. The second-order valence-corrected chi connectivity index (χ2v) is 7.29. The Morgan fingerprint density at radius 3 is 2.73 bits per heavy atom. The zero-order valence-corrected chi connectivity index (χ0v) is 14.5. The van der Waals surface area contributed by atoms with E-state index in [1.54, 1.807) is 6.92 Å². The van der Waals surface area contributed by atoms with Gasteiger partial charge in [0.1, 0.15) is 0 Å². The number of aromatic nitrogens is 2. The van der Waals surface area contributed by atoms with Crippen molar-refractivity contribution in [3.05, 3.63) is 5.82 Å². The molecule has 1 amide bonds. The fourth-order valence-electron chi connectivity index (χ4n) is 3.13. The lowest BCUT2D eigenvalue weighted by Gasteiger charge is -2.29. The minimum Gasteiger partial charge on any atom is -0.353 e. The first-order valence-corrected chi connectivity index (χ1v) is 8.83. The van der Waals surface area contributed by atoms with Crippen molar-refractivity contribution in [2.45, 2.75) is 51.2 Å². The lowest BCUT2D eigenvalue weighted by molar-refractivity contribution is -0.130. The summed E-state index contributed by atoms with van der Waals surface area (Å²) in [7, 11) is 3.98. The molecule has 22 heavy (non-hydrogen) atoms. The van der Waals surface area contributed by atoms with Crippen LogP contribution in [-0.2, 0) is 11.3 Å². The van der Waals surface area contributed by atoms with E-state index in [4.69, 9.17) is 0 Å². The minimum atomic E-state index is 0.219. The molecule has 6 nitrogen and oxygen atoms in total. The smallest absolute Gasteiger partial charge is 0.219 e. The number of likely N-dealkylation sites (tertiary alicyclic amines) is 1. The minimum absolute atomic E-state index is 0.219. The molecule has 1 saturated carbocycles. The number of amides is 1. The molecule has 0 spiro atoms. The number of carbonyl (C=O) groups excluding carboxylic acids is 1. The molecule has 7 heteroatoms. The second-order valence-electron chi connectivity index (χ2n) is 6.56. The maximum Gasteiger partial charge on any atom is 0.219 e. The van der Waals surface area contributed by atoms with Gasteiger partial charge in [-0.1, -0.05) is 0 Å². The van der Waals surface area contributed by atoms with Gasteiger partial charge < -0.3 is 9.80 Å². The van der Waals surface area contributed by atoms with E-state index in [1.807, 2.05) is 19.0 Å². The highest BCUT2D eigenvalue weighted by Gasteiger charge is 2.35. The van der Waals surface area contributed by atoms with Gasteiger partial charge in [-0.05, 0) is 32.2 Å². The van der Waals surface area contributed by atoms with Crippen molar-refractivity contribution >= 4 is 22.6 Å². The molecule has 0 bridgehead atoms. The Balaban J connectivity index is 1.61. The fourth-order valence-corrected chi connectivity index (χ4v) is 3.73. The van der Waals surface area contributed by atoms with Gasteiger partial charge in [0.25, 0.3) is 0 Å². The monoisotopic (exact) mass is 323 g/mol. The number of hydrogen-bond donors (Lipinski definition) is 0. The van der Waals surface area contributed by atoms with Crippen LogP contribution in [0.1, 0.15) is 38.4 Å². The first kappa shape index (κ1) is 15.7. The summed E-state index contributed by atoms with van der Waals surface area (Å²) in [5.41, 5.74) is 0. The molecular weight excluding hydrogens is 298 g/mol. The van der Waals surface area contributed by atoms with Crippen molar-refractivity contribution in [3.8, 4) is 0 Å². The molecule has 1 unspecified atom stereocenters. The van der Waals surface area contributed by atoms with Crippen molar-refractivity contribution in [3.63, 3.8) is 0 Å². The van der Waals surface area contributed by atoms with Crippen LogP contribution in [0, 0.1) is 0 Å². The first-order valence-electron chi connectivity index (χ1n) is 8.05. The van der Waals surface area contributed by atoms with E-state index in [0.29, 0.717) is 12.1 Å². The Morgan fingerprint density at radius 2 is 2.14 bits per heavy atom. The van der Waals surface area contributed by atoms with E-state index >= 15 is 0 Å². The Bertz CT molecular complexity index is 528. The number of rotatable bonds is 6. The van der Waals surface area contributed by atoms with Gasteiger partial charge in [0, 0.05) is 51.2 Å². The van der Waals surface area contributed by atoms with Gasteiger partial charge in [-0.15, -0.1) is 0 Å². The van der Waals surface area contributed by atoms with Crippen LogP contribution in [0.4, 0.5) is 5.13 Å². The lowest BCUT2D eigenvalue weighted by atomic mass is 10.2. The molecule has 2 fully saturated rings. The number of carbonyl (C=O) groups is 1. The molecule has 1 aliphatic heterocycles. The Kier molecular flexibility index (Phi) is 4.63. The van der Waals surface area contributed by atoms with Crippen molar-refractivity contribution < 1.29 is 4.79 Å². The average molecular weight is 323 g/mol. The summed E-state index contributed by atoms with van der Waals surface area (Å²) in [5.74, 6) is 1.12. The van der Waals surface area contributed by atoms with Crippen LogP contribution in [0.5, 0.6) is 0 Å². The van der Waals surface area contributed by atoms with Crippen LogP contribution in [0.25, 0.3) is 0 Å². The number of anilines is 1. The third-order valence-corrected chi connectivity index (χ3v) is 5.40. The molecule has 0 aromatic carbocycles. The molecule has 1 saturated heterocycles. The molecule has 0 radical (unpaired) electrons. The van der Waals surface area contributed by atoms with Gasteiger partial charge in [0.15, 0.2) is 5.82 Å². The van der Waals surface area contributed by atoms with Gasteiger partial charge in [-0.25, -0.2) is 4.98 Å². The normalized spacial score (nSPS) is 22.0. The van der Waals surface area contributed by atoms with Gasteiger partial charge >= 0.3 is 0 Å². The zero-order valence-electron chi connectivity index (χ0n) is 13.7. The van der Waals surface area contributed by atoms with E-state index in [9.17, 15) is 4.79 Å². The third kappa shape index (κ3) is 3.57. The molecule has 1 aromatic rings.